The molecule has 1 atom stereocenters. The Balaban J connectivity index is 1.75. The second-order valence-electron chi connectivity index (χ2n) is 7.60. The van der Waals surface area contributed by atoms with E-state index in [1.807, 2.05) is 6.92 Å². The van der Waals surface area contributed by atoms with E-state index in [2.05, 4.69) is 20.5 Å². The summed E-state index contributed by atoms with van der Waals surface area (Å²) in [5, 5.41) is 18.6. The summed E-state index contributed by atoms with van der Waals surface area (Å²) >= 11 is 0. The lowest BCUT2D eigenvalue weighted by Gasteiger charge is -2.22. The van der Waals surface area contributed by atoms with Crippen LogP contribution in [0.4, 0.5) is 0 Å². The molecule has 0 aromatic carbocycles. The predicted molar refractivity (Wildman–Crippen MR) is 112 cm³/mol. The maximum atomic E-state index is 12.2. The second-order valence-corrected chi connectivity index (χ2v) is 9.48. The number of rotatable bonds is 14. The van der Waals surface area contributed by atoms with Crippen LogP contribution in [0.3, 0.4) is 0 Å². The van der Waals surface area contributed by atoms with Gasteiger partial charge in [0.25, 0.3) is 11.8 Å². The standard InChI is InChI=1S/C19H32N4O7S/c1-2-3-11-31(27,28)23-15(19(25)26)13-21-18(24)16-12-17(22-30-16)29-10-4-5-14-6-8-20-9-7-14/h12,14-15,20,23H,2-11,13H2,1H3,(H,21,24)(H,25,26). The number of carboxylic acid groups (broad SMARTS) is 1. The number of unbranched alkanes of at least 4 members (excludes halogenated alkanes) is 1. The molecular weight excluding hydrogens is 428 g/mol. The number of nitrogens with one attached hydrogen (secondary N) is 3. The average Bonchev–Trinajstić information content (AvgIpc) is 3.22. The fourth-order valence-electron chi connectivity index (χ4n) is 3.22. The van der Waals surface area contributed by atoms with Gasteiger partial charge in [0.05, 0.1) is 18.4 Å². The van der Waals surface area contributed by atoms with Crippen molar-refractivity contribution >= 4 is 21.9 Å². The quantitative estimate of drug-likeness (QED) is 0.294. The van der Waals surface area contributed by atoms with Gasteiger partial charge in [0.1, 0.15) is 6.04 Å². The molecule has 1 unspecified atom stereocenters. The van der Waals surface area contributed by atoms with Crippen molar-refractivity contribution in [3.63, 3.8) is 0 Å². The first-order valence-electron chi connectivity index (χ1n) is 10.6. The van der Waals surface area contributed by atoms with Gasteiger partial charge >= 0.3 is 5.97 Å². The molecule has 0 spiro atoms. The van der Waals surface area contributed by atoms with Crippen LogP contribution in [-0.2, 0) is 14.8 Å². The number of sulfonamides is 1. The van der Waals surface area contributed by atoms with Gasteiger partial charge in [-0.25, -0.2) is 8.42 Å². The van der Waals surface area contributed by atoms with E-state index in [1.54, 1.807) is 0 Å². The normalized spacial score (nSPS) is 16.0. The van der Waals surface area contributed by atoms with Crippen molar-refractivity contribution in [1.29, 1.82) is 0 Å². The first-order chi connectivity index (χ1) is 14.8. The second kappa shape index (κ2) is 12.6. The molecule has 1 aromatic heterocycles. The number of carbonyl (C=O) groups is 2. The van der Waals surface area contributed by atoms with Crippen LogP contribution >= 0.6 is 0 Å². The highest BCUT2D eigenvalue weighted by atomic mass is 32.2. The molecule has 1 aliphatic rings. The molecule has 1 aromatic rings. The molecule has 0 bridgehead atoms. The van der Waals surface area contributed by atoms with Crippen LogP contribution in [0.2, 0.25) is 0 Å². The van der Waals surface area contributed by atoms with Crippen LogP contribution in [0.15, 0.2) is 10.6 Å². The van der Waals surface area contributed by atoms with Gasteiger partial charge in [-0.15, -0.1) is 0 Å². The molecule has 0 aliphatic carbocycles. The predicted octanol–water partition coefficient (Wildman–Crippen LogP) is 0.736. The van der Waals surface area contributed by atoms with Gasteiger partial charge in [-0.05, 0) is 56.3 Å². The van der Waals surface area contributed by atoms with Crippen molar-refractivity contribution in [2.24, 2.45) is 5.92 Å². The highest BCUT2D eigenvalue weighted by Gasteiger charge is 2.25. The van der Waals surface area contributed by atoms with Crippen LogP contribution in [0, 0.1) is 5.92 Å². The highest BCUT2D eigenvalue weighted by Crippen LogP contribution is 2.18. The summed E-state index contributed by atoms with van der Waals surface area (Å²) in [6, 6.07) is -0.166. The fourth-order valence-corrected chi connectivity index (χ4v) is 4.63. The van der Waals surface area contributed by atoms with Crippen LogP contribution in [0.25, 0.3) is 0 Å². The van der Waals surface area contributed by atoms with Crippen LogP contribution < -0.4 is 20.1 Å². The third-order valence-corrected chi connectivity index (χ3v) is 6.50. The maximum absolute atomic E-state index is 12.2. The third kappa shape index (κ3) is 9.23. The Kier molecular flexibility index (Phi) is 10.2. The largest absolute Gasteiger partial charge is 0.480 e. The van der Waals surface area contributed by atoms with Gasteiger partial charge in [0, 0.05) is 6.54 Å². The van der Waals surface area contributed by atoms with Gasteiger partial charge in [0.2, 0.25) is 15.8 Å². The number of piperidine rings is 1. The molecule has 0 saturated carbocycles. The number of hydrogen-bond donors (Lipinski definition) is 4. The Morgan fingerprint density at radius 2 is 2.10 bits per heavy atom. The molecule has 1 aliphatic heterocycles. The number of ether oxygens (including phenoxy) is 1. The minimum absolute atomic E-state index is 0.147. The van der Waals surface area contributed by atoms with E-state index in [9.17, 15) is 23.1 Å². The zero-order valence-electron chi connectivity index (χ0n) is 17.8. The van der Waals surface area contributed by atoms with Crippen LogP contribution in [0.1, 0.15) is 56.0 Å². The smallest absolute Gasteiger partial charge is 0.323 e. The van der Waals surface area contributed by atoms with E-state index < -0.39 is 34.5 Å². The number of carbonyl (C=O) groups excluding carboxylic acids is 1. The summed E-state index contributed by atoms with van der Waals surface area (Å²) in [6.07, 6.45) is 5.34. The van der Waals surface area contributed by atoms with Crippen molar-refractivity contribution in [3.8, 4) is 5.88 Å². The van der Waals surface area contributed by atoms with E-state index in [0.29, 0.717) is 25.4 Å². The lowest BCUT2D eigenvalue weighted by molar-refractivity contribution is -0.138. The molecule has 12 heteroatoms. The van der Waals surface area contributed by atoms with Crippen molar-refractivity contribution in [3.05, 3.63) is 11.8 Å². The molecule has 1 saturated heterocycles. The Hall–Kier alpha value is -2.18. The minimum Gasteiger partial charge on any atom is -0.480 e. The Labute approximate surface area is 182 Å². The zero-order chi connectivity index (χ0) is 22.7. The Bertz CT molecular complexity index is 806. The Morgan fingerprint density at radius 3 is 2.77 bits per heavy atom. The van der Waals surface area contributed by atoms with Crippen molar-refractivity contribution < 1.29 is 32.4 Å². The average molecular weight is 461 g/mol. The molecule has 176 valence electrons. The first kappa shape index (κ1) is 25.1. The first-order valence-corrected chi connectivity index (χ1v) is 12.3. The number of carboxylic acids is 1. The van der Waals surface area contributed by atoms with E-state index in [-0.39, 0.29) is 17.4 Å². The van der Waals surface area contributed by atoms with E-state index >= 15 is 0 Å². The molecule has 31 heavy (non-hydrogen) atoms. The Morgan fingerprint density at radius 1 is 1.35 bits per heavy atom. The minimum atomic E-state index is -3.76. The molecule has 1 fully saturated rings. The number of amides is 1. The van der Waals surface area contributed by atoms with E-state index in [1.165, 1.54) is 18.9 Å². The lowest BCUT2D eigenvalue weighted by atomic mass is 9.93. The monoisotopic (exact) mass is 460 g/mol. The SMILES string of the molecule is CCCCS(=O)(=O)NC(CNC(=O)c1cc(OCCCC2CCNCC2)no1)C(=O)O. The summed E-state index contributed by atoms with van der Waals surface area (Å²) in [6.45, 7) is 3.95. The zero-order valence-corrected chi connectivity index (χ0v) is 18.6. The maximum Gasteiger partial charge on any atom is 0.323 e. The number of aliphatic carboxylic acids is 1. The molecular formula is C19H32N4O7S. The van der Waals surface area contributed by atoms with E-state index in [4.69, 9.17) is 9.26 Å². The third-order valence-electron chi connectivity index (χ3n) is 5.03. The van der Waals surface area contributed by atoms with Gasteiger partial charge < -0.3 is 25.0 Å². The van der Waals surface area contributed by atoms with Gasteiger partial charge in [0.15, 0.2) is 0 Å². The van der Waals surface area contributed by atoms with Crippen molar-refractivity contribution in [2.75, 3.05) is 32.0 Å². The van der Waals surface area contributed by atoms with Gasteiger partial charge in [-0.1, -0.05) is 13.3 Å². The topological polar surface area (TPSA) is 160 Å². The lowest BCUT2D eigenvalue weighted by Crippen LogP contribution is -2.48. The van der Waals surface area contributed by atoms with Gasteiger partial charge in [-0.2, -0.15) is 4.72 Å². The summed E-state index contributed by atoms with van der Waals surface area (Å²) in [5.74, 6) is -1.56. The highest BCUT2D eigenvalue weighted by molar-refractivity contribution is 7.89. The summed E-state index contributed by atoms with van der Waals surface area (Å²) in [5.41, 5.74) is 0. The van der Waals surface area contributed by atoms with Crippen molar-refractivity contribution in [2.45, 2.75) is 51.5 Å². The molecule has 1 amide bonds. The van der Waals surface area contributed by atoms with Crippen LogP contribution in [0.5, 0.6) is 5.88 Å². The number of aromatic nitrogens is 1. The fraction of sp³-hybridized carbons (Fsp3) is 0.737. The van der Waals surface area contributed by atoms with E-state index in [0.717, 1.165) is 25.9 Å². The molecule has 4 N–H and O–H groups in total. The number of hydrogen-bond acceptors (Lipinski definition) is 8. The summed E-state index contributed by atoms with van der Waals surface area (Å²) < 4.78 is 36.4. The molecule has 2 rings (SSSR count). The summed E-state index contributed by atoms with van der Waals surface area (Å²) in [4.78, 5) is 23.5. The number of nitrogens with zero attached hydrogens (tertiary/aromatic N) is 1. The molecule has 2 heterocycles. The van der Waals surface area contributed by atoms with Crippen molar-refractivity contribution in [1.82, 2.24) is 20.5 Å². The van der Waals surface area contributed by atoms with Crippen LogP contribution in [-0.4, -0.2) is 68.6 Å². The molecule has 11 nitrogen and oxygen atoms in total. The van der Waals surface area contributed by atoms with Gasteiger partial charge in [-0.3, -0.25) is 9.59 Å². The summed E-state index contributed by atoms with van der Waals surface area (Å²) in [7, 11) is -3.76. The molecule has 0 radical (unpaired) electrons.